The Morgan fingerprint density at radius 3 is 2.65 bits per heavy atom. The van der Waals surface area contributed by atoms with Crippen molar-refractivity contribution in [1.82, 2.24) is 4.98 Å². The van der Waals surface area contributed by atoms with E-state index in [1.165, 1.54) is 0 Å². The number of rotatable bonds is 6. The van der Waals surface area contributed by atoms with Crippen molar-refractivity contribution < 1.29 is 4.79 Å². The number of fused-ring (bicyclic) bond motifs is 1. The number of aromatic nitrogens is 1. The van der Waals surface area contributed by atoms with E-state index >= 15 is 0 Å². The molecule has 0 aliphatic carbocycles. The molecule has 0 atom stereocenters. The van der Waals surface area contributed by atoms with Crippen molar-refractivity contribution in [1.29, 1.82) is 0 Å². The summed E-state index contributed by atoms with van der Waals surface area (Å²) in [5, 5.41) is 7.83. The fourth-order valence-corrected chi connectivity index (χ4v) is 2.96. The van der Waals surface area contributed by atoms with Crippen LogP contribution < -0.4 is 10.6 Å². The Hall–Kier alpha value is -2.59. The Balaban J connectivity index is 1.69. The number of hydrogen-bond donors (Lipinski definition) is 2. The minimum Gasteiger partial charge on any atom is -0.381 e. The van der Waals surface area contributed by atoms with Gasteiger partial charge in [-0.2, -0.15) is 0 Å². The molecular formula is C21H22ClN3O. The summed E-state index contributed by atoms with van der Waals surface area (Å²) in [4.78, 5) is 16.4. The molecule has 3 aromatic rings. The molecular weight excluding hydrogens is 346 g/mol. The van der Waals surface area contributed by atoms with Crippen LogP contribution in [0.5, 0.6) is 0 Å². The van der Waals surface area contributed by atoms with Crippen molar-refractivity contribution in [2.45, 2.75) is 26.8 Å². The molecule has 0 saturated heterocycles. The van der Waals surface area contributed by atoms with Gasteiger partial charge in [0.25, 0.3) is 0 Å². The molecule has 26 heavy (non-hydrogen) atoms. The zero-order valence-corrected chi connectivity index (χ0v) is 15.7. The second-order valence-corrected chi connectivity index (χ2v) is 7.07. The van der Waals surface area contributed by atoms with Crippen LogP contribution in [0.25, 0.3) is 10.9 Å². The summed E-state index contributed by atoms with van der Waals surface area (Å²) < 4.78 is 0. The van der Waals surface area contributed by atoms with Crippen molar-refractivity contribution in [3.63, 3.8) is 0 Å². The number of nitrogens with zero attached hydrogens (tertiary/aromatic N) is 1. The fraction of sp³-hybridized carbons (Fsp3) is 0.238. The Bertz CT molecular complexity index is 924. The number of para-hydroxylation sites is 1. The number of carbonyl (C=O) groups is 1. The van der Waals surface area contributed by atoms with E-state index in [9.17, 15) is 4.79 Å². The topological polar surface area (TPSA) is 54.0 Å². The Morgan fingerprint density at radius 2 is 1.85 bits per heavy atom. The average Bonchev–Trinajstić information content (AvgIpc) is 2.59. The van der Waals surface area contributed by atoms with Crippen molar-refractivity contribution in [2.75, 3.05) is 10.6 Å². The predicted molar refractivity (Wildman–Crippen MR) is 109 cm³/mol. The minimum atomic E-state index is 0.0268. The highest BCUT2D eigenvalue weighted by atomic mass is 35.5. The van der Waals surface area contributed by atoms with Crippen LogP contribution in [-0.4, -0.2) is 10.9 Å². The highest BCUT2D eigenvalue weighted by Crippen LogP contribution is 2.22. The smallest absolute Gasteiger partial charge is 0.224 e. The van der Waals surface area contributed by atoms with Gasteiger partial charge < -0.3 is 10.6 Å². The van der Waals surface area contributed by atoms with Gasteiger partial charge in [-0.3, -0.25) is 4.79 Å². The molecule has 1 heterocycles. The van der Waals surface area contributed by atoms with Crippen LogP contribution in [0.4, 0.5) is 11.4 Å². The van der Waals surface area contributed by atoms with Crippen molar-refractivity contribution >= 4 is 39.8 Å². The molecule has 4 nitrogen and oxygen atoms in total. The molecule has 2 aromatic carbocycles. The number of hydrogen-bond acceptors (Lipinski definition) is 3. The Kier molecular flexibility index (Phi) is 5.74. The first-order valence-corrected chi connectivity index (χ1v) is 9.07. The first-order valence-electron chi connectivity index (χ1n) is 8.69. The van der Waals surface area contributed by atoms with Crippen LogP contribution in [0.1, 0.15) is 25.8 Å². The van der Waals surface area contributed by atoms with E-state index < -0.39 is 0 Å². The van der Waals surface area contributed by atoms with Crippen LogP contribution in [0.2, 0.25) is 5.15 Å². The molecule has 0 spiro atoms. The molecule has 3 rings (SSSR count). The van der Waals surface area contributed by atoms with Crippen LogP contribution in [0.3, 0.4) is 0 Å². The lowest BCUT2D eigenvalue weighted by Gasteiger charge is -2.11. The number of carbonyl (C=O) groups excluding carboxylic acids is 1. The maximum absolute atomic E-state index is 11.9. The zero-order chi connectivity index (χ0) is 18.5. The number of halogens is 1. The second kappa shape index (κ2) is 8.19. The summed E-state index contributed by atoms with van der Waals surface area (Å²) in [6, 6.07) is 17.6. The number of benzene rings is 2. The lowest BCUT2D eigenvalue weighted by molar-refractivity contribution is -0.116. The van der Waals surface area contributed by atoms with Gasteiger partial charge in [-0.1, -0.05) is 49.7 Å². The maximum Gasteiger partial charge on any atom is 0.224 e. The molecule has 134 valence electrons. The van der Waals surface area contributed by atoms with Gasteiger partial charge in [-0.05, 0) is 36.2 Å². The predicted octanol–water partition coefficient (Wildman–Crippen LogP) is 5.48. The molecule has 2 N–H and O–H groups in total. The number of amides is 1. The third-order valence-corrected chi connectivity index (χ3v) is 4.30. The summed E-state index contributed by atoms with van der Waals surface area (Å²) >= 11 is 6.31. The highest BCUT2D eigenvalue weighted by Gasteiger charge is 2.07. The van der Waals surface area contributed by atoms with E-state index in [1.807, 2.05) is 68.4 Å². The van der Waals surface area contributed by atoms with Crippen LogP contribution in [0, 0.1) is 5.92 Å². The van der Waals surface area contributed by atoms with Gasteiger partial charge in [0.2, 0.25) is 5.91 Å². The number of pyridine rings is 1. The maximum atomic E-state index is 11.9. The van der Waals surface area contributed by atoms with E-state index in [0.29, 0.717) is 24.0 Å². The Morgan fingerprint density at radius 1 is 1.08 bits per heavy atom. The molecule has 0 bridgehead atoms. The average molecular weight is 368 g/mol. The normalized spacial score (nSPS) is 10.9. The lowest BCUT2D eigenvalue weighted by atomic mass is 10.1. The largest absolute Gasteiger partial charge is 0.381 e. The van der Waals surface area contributed by atoms with Gasteiger partial charge >= 0.3 is 0 Å². The van der Waals surface area contributed by atoms with Gasteiger partial charge in [0.05, 0.1) is 5.52 Å². The summed E-state index contributed by atoms with van der Waals surface area (Å²) in [6.07, 6.45) is 0.510. The van der Waals surface area contributed by atoms with Gasteiger partial charge in [0, 0.05) is 35.3 Å². The van der Waals surface area contributed by atoms with E-state index in [2.05, 4.69) is 15.6 Å². The molecule has 0 aliphatic rings. The summed E-state index contributed by atoms with van der Waals surface area (Å²) in [5.41, 5.74) is 3.51. The van der Waals surface area contributed by atoms with Crippen LogP contribution in [0.15, 0.2) is 54.6 Å². The molecule has 0 radical (unpaired) electrons. The quantitative estimate of drug-likeness (QED) is 0.567. The second-order valence-electron chi connectivity index (χ2n) is 6.71. The molecule has 5 heteroatoms. The number of nitrogens with one attached hydrogen (secondary N) is 2. The number of anilines is 2. The first-order chi connectivity index (χ1) is 12.5. The lowest BCUT2D eigenvalue weighted by Crippen LogP contribution is -2.13. The van der Waals surface area contributed by atoms with E-state index in [-0.39, 0.29) is 5.91 Å². The van der Waals surface area contributed by atoms with E-state index in [0.717, 1.165) is 27.8 Å². The minimum absolute atomic E-state index is 0.0268. The summed E-state index contributed by atoms with van der Waals surface area (Å²) in [7, 11) is 0. The standard InChI is InChI=1S/C21H22ClN3O/c1-14(2)10-20(26)24-18-8-5-7-17(12-18)23-13-16-11-15-6-3-4-9-19(15)25-21(16)22/h3-9,11-12,14,23H,10,13H2,1-2H3,(H,24,26). The van der Waals surface area contributed by atoms with E-state index in [4.69, 9.17) is 11.6 Å². The summed E-state index contributed by atoms with van der Waals surface area (Å²) in [5.74, 6) is 0.359. The monoisotopic (exact) mass is 367 g/mol. The molecule has 1 aromatic heterocycles. The molecule has 0 unspecified atom stereocenters. The molecule has 1 amide bonds. The Labute approximate surface area is 158 Å². The first kappa shape index (κ1) is 18.2. The van der Waals surface area contributed by atoms with Gasteiger partial charge in [0.1, 0.15) is 5.15 Å². The fourth-order valence-electron chi connectivity index (χ4n) is 2.75. The van der Waals surface area contributed by atoms with Crippen LogP contribution in [-0.2, 0) is 11.3 Å². The van der Waals surface area contributed by atoms with Crippen molar-refractivity contribution in [3.8, 4) is 0 Å². The SMILES string of the molecule is CC(C)CC(=O)Nc1cccc(NCc2cc3ccccc3nc2Cl)c1. The molecule has 0 fully saturated rings. The molecule has 0 saturated carbocycles. The van der Waals surface area contributed by atoms with Crippen molar-refractivity contribution in [2.24, 2.45) is 5.92 Å². The van der Waals surface area contributed by atoms with Gasteiger partial charge in [0.15, 0.2) is 0 Å². The van der Waals surface area contributed by atoms with Crippen molar-refractivity contribution in [3.05, 3.63) is 65.3 Å². The van der Waals surface area contributed by atoms with Gasteiger partial charge in [-0.15, -0.1) is 0 Å². The highest BCUT2D eigenvalue weighted by molar-refractivity contribution is 6.30. The third-order valence-electron chi connectivity index (χ3n) is 3.97. The zero-order valence-electron chi connectivity index (χ0n) is 14.9. The van der Waals surface area contributed by atoms with Gasteiger partial charge in [-0.25, -0.2) is 4.98 Å². The summed E-state index contributed by atoms with van der Waals surface area (Å²) in [6.45, 7) is 4.61. The third kappa shape index (κ3) is 4.73. The van der Waals surface area contributed by atoms with Crippen LogP contribution >= 0.6 is 11.6 Å². The molecule has 0 aliphatic heterocycles. The van der Waals surface area contributed by atoms with E-state index in [1.54, 1.807) is 0 Å².